The second kappa shape index (κ2) is 7.64. The molecule has 4 nitrogen and oxygen atoms in total. The molecule has 22 heavy (non-hydrogen) atoms. The molecular weight excluding hydrogens is 298 g/mol. The number of halogens is 1. The lowest BCUT2D eigenvalue weighted by Gasteiger charge is -2.28. The smallest absolute Gasteiger partial charge is 0.0594 e. The molecule has 0 amide bonds. The molecule has 0 spiro atoms. The molecule has 2 heterocycles. The minimum Gasteiger partial charge on any atom is -0.379 e. The Kier molecular flexibility index (Phi) is 5.58. The summed E-state index contributed by atoms with van der Waals surface area (Å²) in [5, 5.41) is 4.57. The Labute approximate surface area is 138 Å². The SMILES string of the molecule is CN1CCCC(NCCN2CCOCC2)c2cc(Cl)ccc21. The standard InChI is InChI=1S/C17H26ClN3O/c1-20-7-2-3-16(15-13-14(18)4-5-17(15)20)19-6-8-21-9-11-22-12-10-21/h4-5,13,16,19H,2-3,6-12H2,1H3. The fourth-order valence-electron chi connectivity index (χ4n) is 3.39. The minimum atomic E-state index is 0.402. The molecule has 1 aromatic carbocycles. The van der Waals surface area contributed by atoms with Crippen molar-refractivity contribution in [3.8, 4) is 0 Å². The summed E-state index contributed by atoms with van der Waals surface area (Å²) in [5.41, 5.74) is 2.65. The van der Waals surface area contributed by atoms with Crippen molar-refractivity contribution in [2.24, 2.45) is 0 Å². The van der Waals surface area contributed by atoms with Gasteiger partial charge in [-0.3, -0.25) is 4.90 Å². The van der Waals surface area contributed by atoms with Gasteiger partial charge in [-0.25, -0.2) is 0 Å². The Morgan fingerprint density at radius 1 is 1.27 bits per heavy atom. The number of morpholine rings is 1. The highest BCUT2D eigenvalue weighted by Gasteiger charge is 2.21. The lowest BCUT2D eigenvalue weighted by atomic mass is 10.0. The minimum absolute atomic E-state index is 0.402. The molecule has 1 atom stereocenters. The number of hydrogen-bond acceptors (Lipinski definition) is 4. The third-order valence-electron chi connectivity index (χ3n) is 4.69. The highest BCUT2D eigenvalue weighted by molar-refractivity contribution is 6.30. The normalized spacial score (nSPS) is 23.2. The van der Waals surface area contributed by atoms with Crippen LogP contribution in [-0.2, 0) is 4.74 Å². The van der Waals surface area contributed by atoms with Gasteiger partial charge in [0.2, 0.25) is 0 Å². The lowest BCUT2D eigenvalue weighted by molar-refractivity contribution is 0.0381. The van der Waals surface area contributed by atoms with Crippen molar-refractivity contribution in [3.63, 3.8) is 0 Å². The van der Waals surface area contributed by atoms with E-state index < -0.39 is 0 Å². The van der Waals surface area contributed by atoms with E-state index in [1.165, 1.54) is 24.1 Å². The van der Waals surface area contributed by atoms with Crippen LogP contribution in [0.25, 0.3) is 0 Å². The maximum absolute atomic E-state index is 6.23. The van der Waals surface area contributed by atoms with E-state index in [0.29, 0.717) is 6.04 Å². The third-order valence-corrected chi connectivity index (χ3v) is 4.92. The van der Waals surface area contributed by atoms with E-state index in [0.717, 1.165) is 51.0 Å². The van der Waals surface area contributed by atoms with Crippen LogP contribution in [0.15, 0.2) is 18.2 Å². The average Bonchev–Trinajstić information content (AvgIpc) is 2.68. The van der Waals surface area contributed by atoms with Crippen molar-refractivity contribution in [2.75, 3.05) is 57.9 Å². The summed E-state index contributed by atoms with van der Waals surface area (Å²) in [5.74, 6) is 0. The van der Waals surface area contributed by atoms with E-state index >= 15 is 0 Å². The maximum Gasteiger partial charge on any atom is 0.0594 e. The molecule has 1 aromatic rings. The molecule has 0 aromatic heterocycles. The Balaban J connectivity index is 1.62. The van der Waals surface area contributed by atoms with Crippen molar-refractivity contribution in [3.05, 3.63) is 28.8 Å². The fraction of sp³-hybridized carbons (Fsp3) is 0.647. The van der Waals surface area contributed by atoms with Gasteiger partial charge in [-0.1, -0.05) is 11.6 Å². The Bertz CT molecular complexity index is 491. The molecule has 0 bridgehead atoms. The number of nitrogens with zero attached hydrogens (tertiary/aromatic N) is 2. The van der Waals surface area contributed by atoms with Crippen LogP contribution in [0.1, 0.15) is 24.4 Å². The van der Waals surface area contributed by atoms with Gasteiger partial charge in [0.25, 0.3) is 0 Å². The van der Waals surface area contributed by atoms with Crippen molar-refractivity contribution in [1.82, 2.24) is 10.2 Å². The summed E-state index contributed by atoms with van der Waals surface area (Å²) in [7, 11) is 2.17. The van der Waals surface area contributed by atoms with Crippen LogP contribution in [-0.4, -0.2) is 57.9 Å². The number of fused-ring (bicyclic) bond motifs is 1. The average molecular weight is 324 g/mol. The molecule has 5 heteroatoms. The topological polar surface area (TPSA) is 27.7 Å². The van der Waals surface area contributed by atoms with Crippen LogP contribution >= 0.6 is 11.6 Å². The monoisotopic (exact) mass is 323 g/mol. The molecule has 0 saturated carbocycles. The number of nitrogens with one attached hydrogen (secondary N) is 1. The molecule has 1 fully saturated rings. The van der Waals surface area contributed by atoms with Crippen LogP contribution in [0.2, 0.25) is 5.02 Å². The number of rotatable bonds is 4. The molecule has 3 rings (SSSR count). The summed E-state index contributed by atoms with van der Waals surface area (Å²) in [6.45, 7) is 7.05. The third kappa shape index (κ3) is 3.93. The van der Waals surface area contributed by atoms with E-state index in [1.54, 1.807) is 0 Å². The van der Waals surface area contributed by atoms with Crippen LogP contribution in [0.4, 0.5) is 5.69 Å². The first-order valence-electron chi connectivity index (χ1n) is 8.28. The second-order valence-electron chi connectivity index (χ2n) is 6.23. The first-order chi connectivity index (χ1) is 10.7. The van der Waals surface area contributed by atoms with E-state index in [9.17, 15) is 0 Å². The molecule has 2 aliphatic rings. The predicted octanol–water partition coefficient (Wildman–Crippen LogP) is 2.53. The van der Waals surface area contributed by atoms with E-state index in [2.05, 4.69) is 34.3 Å². The van der Waals surface area contributed by atoms with Crippen molar-refractivity contribution < 1.29 is 4.74 Å². The zero-order valence-corrected chi connectivity index (χ0v) is 14.1. The Hall–Kier alpha value is -0.810. The first-order valence-corrected chi connectivity index (χ1v) is 8.66. The number of benzene rings is 1. The van der Waals surface area contributed by atoms with Gasteiger partial charge in [-0.15, -0.1) is 0 Å². The molecular formula is C17H26ClN3O. The molecule has 122 valence electrons. The summed E-state index contributed by atoms with van der Waals surface area (Å²) in [6, 6.07) is 6.68. The lowest BCUT2D eigenvalue weighted by Crippen LogP contribution is -2.40. The summed E-state index contributed by atoms with van der Waals surface area (Å²) >= 11 is 6.23. The number of hydrogen-bond donors (Lipinski definition) is 1. The molecule has 1 saturated heterocycles. The Morgan fingerprint density at radius 3 is 2.91 bits per heavy atom. The summed E-state index contributed by atoms with van der Waals surface area (Å²) in [6.07, 6.45) is 2.37. The van der Waals surface area contributed by atoms with E-state index in [-0.39, 0.29) is 0 Å². The molecule has 1 unspecified atom stereocenters. The van der Waals surface area contributed by atoms with E-state index in [4.69, 9.17) is 16.3 Å². The molecule has 1 N–H and O–H groups in total. The largest absolute Gasteiger partial charge is 0.379 e. The van der Waals surface area contributed by atoms with Gasteiger partial charge in [-0.05, 0) is 36.6 Å². The Morgan fingerprint density at radius 2 is 2.09 bits per heavy atom. The molecule has 0 radical (unpaired) electrons. The highest BCUT2D eigenvalue weighted by atomic mass is 35.5. The highest BCUT2D eigenvalue weighted by Crippen LogP contribution is 2.34. The van der Waals surface area contributed by atoms with Crippen LogP contribution < -0.4 is 10.2 Å². The van der Waals surface area contributed by atoms with Gasteiger partial charge in [0.15, 0.2) is 0 Å². The van der Waals surface area contributed by atoms with Gasteiger partial charge in [0.05, 0.1) is 13.2 Å². The van der Waals surface area contributed by atoms with Gasteiger partial charge in [0, 0.05) is 56.5 Å². The van der Waals surface area contributed by atoms with Gasteiger partial charge < -0.3 is 15.0 Å². The van der Waals surface area contributed by atoms with Crippen molar-refractivity contribution >= 4 is 17.3 Å². The van der Waals surface area contributed by atoms with Crippen LogP contribution in [0.3, 0.4) is 0 Å². The summed E-state index contributed by atoms with van der Waals surface area (Å²) in [4.78, 5) is 4.81. The van der Waals surface area contributed by atoms with E-state index in [1.807, 2.05) is 6.07 Å². The summed E-state index contributed by atoms with van der Waals surface area (Å²) < 4.78 is 5.40. The van der Waals surface area contributed by atoms with Crippen LogP contribution in [0.5, 0.6) is 0 Å². The van der Waals surface area contributed by atoms with Crippen molar-refractivity contribution in [1.29, 1.82) is 0 Å². The van der Waals surface area contributed by atoms with Crippen molar-refractivity contribution in [2.45, 2.75) is 18.9 Å². The van der Waals surface area contributed by atoms with Gasteiger partial charge in [-0.2, -0.15) is 0 Å². The zero-order chi connectivity index (χ0) is 15.4. The van der Waals surface area contributed by atoms with Gasteiger partial charge >= 0.3 is 0 Å². The molecule has 0 aliphatic carbocycles. The molecule has 2 aliphatic heterocycles. The zero-order valence-electron chi connectivity index (χ0n) is 13.4. The fourth-order valence-corrected chi connectivity index (χ4v) is 3.57. The predicted molar refractivity (Wildman–Crippen MR) is 92.0 cm³/mol. The number of anilines is 1. The number of ether oxygens (including phenoxy) is 1. The van der Waals surface area contributed by atoms with Gasteiger partial charge in [0.1, 0.15) is 0 Å². The first kappa shape index (κ1) is 16.1. The quantitative estimate of drug-likeness (QED) is 0.921. The maximum atomic E-state index is 6.23. The van der Waals surface area contributed by atoms with Crippen LogP contribution in [0, 0.1) is 0 Å². The second-order valence-corrected chi connectivity index (χ2v) is 6.66.